The van der Waals surface area contributed by atoms with Crippen molar-refractivity contribution in [3.63, 3.8) is 0 Å². The molecule has 0 saturated carbocycles. The van der Waals surface area contributed by atoms with Crippen molar-refractivity contribution in [3.8, 4) is 0 Å². The molecular weight excluding hydrogens is 248 g/mol. The normalized spacial score (nSPS) is 12.7. The number of aryl methyl sites for hydroxylation is 2. The number of halogens is 2. The minimum absolute atomic E-state index is 0.103. The monoisotopic (exact) mass is 265 g/mol. The number of furan rings is 1. The molecule has 0 aliphatic rings. The van der Waals surface area contributed by atoms with Crippen LogP contribution in [0, 0.1) is 25.5 Å². The third-order valence-electron chi connectivity index (χ3n) is 3.24. The molecule has 102 valence electrons. The Morgan fingerprint density at radius 1 is 1.21 bits per heavy atom. The third kappa shape index (κ3) is 3.01. The van der Waals surface area contributed by atoms with Crippen LogP contribution >= 0.6 is 0 Å². The minimum Gasteiger partial charge on any atom is -0.466 e. The maximum Gasteiger partial charge on any atom is 0.126 e. The Morgan fingerprint density at radius 2 is 1.95 bits per heavy atom. The van der Waals surface area contributed by atoms with Gasteiger partial charge in [0.2, 0.25) is 0 Å². The molecule has 0 aliphatic carbocycles. The SMILES string of the molecule is CNC(Cc1cc(F)ccc1F)c1cc(C)oc1C. The van der Waals surface area contributed by atoms with E-state index in [0.29, 0.717) is 12.0 Å². The lowest BCUT2D eigenvalue weighted by Crippen LogP contribution is -2.19. The topological polar surface area (TPSA) is 25.2 Å². The summed E-state index contributed by atoms with van der Waals surface area (Å²) in [7, 11) is 1.80. The van der Waals surface area contributed by atoms with Crippen molar-refractivity contribution in [2.75, 3.05) is 7.05 Å². The van der Waals surface area contributed by atoms with E-state index in [9.17, 15) is 8.78 Å². The molecular formula is C15H17F2NO. The molecule has 1 heterocycles. The number of hydrogen-bond acceptors (Lipinski definition) is 2. The second-order valence-corrected chi connectivity index (χ2v) is 4.65. The molecule has 19 heavy (non-hydrogen) atoms. The van der Waals surface area contributed by atoms with Crippen LogP contribution in [0.3, 0.4) is 0 Å². The van der Waals surface area contributed by atoms with E-state index in [1.54, 1.807) is 7.05 Å². The van der Waals surface area contributed by atoms with Crippen LogP contribution in [0.1, 0.15) is 28.7 Å². The van der Waals surface area contributed by atoms with Gasteiger partial charge >= 0.3 is 0 Å². The van der Waals surface area contributed by atoms with Gasteiger partial charge in [0.25, 0.3) is 0 Å². The Labute approximate surface area is 111 Å². The molecule has 0 bridgehead atoms. The van der Waals surface area contributed by atoms with Gasteiger partial charge in [-0.1, -0.05) is 0 Å². The molecule has 0 radical (unpaired) electrons. The second kappa shape index (κ2) is 5.53. The van der Waals surface area contributed by atoms with Crippen LogP contribution in [0.4, 0.5) is 8.78 Å². The van der Waals surface area contributed by atoms with Crippen LogP contribution in [-0.2, 0) is 6.42 Å². The smallest absolute Gasteiger partial charge is 0.126 e. The predicted molar refractivity (Wildman–Crippen MR) is 70.0 cm³/mol. The summed E-state index contributed by atoms with van der Waals surface area (Å²) in [6, 6.07) is 5.34. The van der Waals surface area contributed by atoms with Gasteiger partial charge in [-0.15, -0.1) is 0 Å². The highest BCUT2D eigenvalue weighted by Crippen LogP contribution is 2.25. The molecule has 0 spiro atoms. The van der Waals surface area contributed by atoms with Gasteiger partial charge in [0.15, 0.2) is 0 Å². The van der Waals surface area contributed by atoms with E-state index >= 15 is 0 Å². The fourth-order valence-electron chi connectivity index (χ4n) is 2.28. The Balaban J connectivity index is 2.29. The maximum absolute atomic E-state index is 13.7. The molecule has 0 aliphatic heterocycles. The number of benzene rings is 1. The van der Waals surface area contributed by atoms with Gasteiger partial charge in [0, 0.05) is 11.6 Å². The summed E-state index contributed by atoms with van der Waals surface area (Å²) in [5.74, 6) is 0.798. The lowest BCUT2D eigenvalue weighted by atomic mass is 9.99. The van der Waals surface area contributed by atoms with Crippen molar-refractivity contribution in [1.29, 1.82) is 0 Å². The van der Waals surface area contributed by atoms with Gasteiger partial charge < -0.3 is 9.73 Å². The summed E-state index contributed by atoms with van der Waals surface area (Å²) in [5.41, 5.74) is 1.33. The Bertz CT molecular complexity index is 578. The van der Waals surface area contributed by atoms with Crippen molar-refractivity contribution >= 4 is 0 Å². The first-order valence-corrected chi connectivity index (χ1v) is 6.19. The second-order valence-electron chi connectivity index (χ2n) is 4.65. The number of hydrogen-bond donors (Lipinski definition) is 1. The van der Waals surface area contributed by atoms with Crippen LogP contribution in [0.2, 0.25) is 0 Å². The Hall–Kier alpha value is -1.68. The summed E-state index contributed by atoms with van der Waals surface area (Å²) in [4.78, 5) is 0. The summed E-state index contributed by atoms with van der Waals surface area (Å²) < 4.78 is 32.3. The zero-order chi connectivity index (χ0) is 14.0. The molecule has 1 N–H and O–H groups in total. The molecule has 1 atom stereocenters. The highest BCUT2D eigenvalue weighted by Gasteiger charge is 2.18. The van der Waals surface area contributed by atoms with Crippen molar-refractivity contribution < 1.29 is 13.2 Å². The van der Waals surface area contributed by atoms with Gasteiger partial charge in [-0.3, -0.25) is 0 Å². The first-order chi connectivity index (χ1) is 9.01. The maximum atomic E-state index is 13.7. The fourth-order valence-corrected chi connectivity index (χ4v) is 2.28. The van der Waals surface area contributed by atoms with Crippen molar-refractivity contribution in [2.45, 2.75) is 26.3 Å². The Morgan fingerprint density at radius 3 is 2.53 bits per heavy atom. The van der Waals surface area contributed by atoms with Crippen molar-refractivity contribution in [3.05, 3.63) is 58.5 Å². The number of nitrogens with one attached hydrogen (secondary N) is 1. The molecule has 0 amide bonds. The molecule has 2 nitrogen and oxygen atoms in total. The van der Waals surface area contributed by atoms with Crippen LogP contribution in [0.15, 0.2) is 28.7 Å². The van der Waals surface area contributed by atoms with Crippen LogP contribution in [0.25, 0.3) is 0 Å². The molecule has 2 rings (SSSR count). The van der Waals surface area contributed by atoms with Gasteiger partial charge in [-0.2, -0.15) is 0 Å². The van der Waals surface area contributed by atoms with Gasteiger partial charge in [-0.05, 0) is 57.1 Å². The number of likely N-dealkylation sites (N-methyl/N-ethyl adjacent to an activating group) is 1. The summed E-state index contributed by atoms with van der Waals surface area (Å²) >= 11 is 0. The van der Waals surface area contributed by atoms with E-state index in [-0.39, 0.29) is 11.9 Å². The minimum atomic E-state index is -0.425. The summed E-state index contributed by atoms with van der Waals surface area (Å²) in [6.07, 6.45) is 0.375. The van der Waals surface area contributed by atoms with E-state index in [1.165, 1.54) is 6.07 Å². The molecule has 2 aromatic rings. The quantitative estimate of drug-likeness (QED) is 0.912. The predicted octanol–water partition coefficient (Wildman–Crippen LogP) is 3.68. The highest BCUT2D eigenvalue weighted by atomic mass is 19.1. The fraction of sp³-hybridized carbons (Fsp3) is 0.333. The van der Waals surface area contributed by atoms with E-state index in [4.69, 9.17) is 4.42 Å². The average molecular weight is 265 g/mol. The van der Waals surface area contributed by atoms with Gasteiger partial charge in [0.05, 0.1) is 0 Å². The number of rotatable bonds is 4. The van der Waals surface area contributed by atoms with Crippen molar-refractivity contribution in [2.24, 2.45) is 0 Å². The van der Waals surface area contributed by atoms with Crippen LogP contribution in [-0.4, -0.2) is 7.05 Å². The lowest BCUT2D eigenvalue weighted by Gasteiger charge is -2.16. The average Bonchev–Trinajstić information content (AvgIpc) is 2.69. The van der Waals surface area contributed by atoms with E-state index in [0.717, 1.165) is 29.2 Å². The van der Waals surface area contributed by atoms with Gasteiger partial charge in [-0.25, -0.2) is 8.78 Å². The largest absolute Gasteiger partial charge is 0.466 e. The molecule has 1 unspecified atom stereocenters. The van der Waals surface area contributed by atoms with Crippen molar-refractivity contribution in [1.82, 2.24) is 5.32 Å². The van der Waals surface area contributed by atoms with E-state index in [2.05, 4.69) is 5.32 Å². The van der Waals surface area contributed by atoms with Gasteiger partial charge in [0.1, 0.15) is 23.2 Å². The van der Waals surface area contributed by atoms with E-state index in [1.807, 2.05) is 19.9 Å². The van der Waals surface area contributed by atoms with Crippen LogP contribution < -0.4 is 5.32 Å². The van der Waals surface area contributed by atoms with Crippen LogP contribution in [0.5, 0.6) is 0 Å². The highest BCUT2D eigenvalue weighted by molar-refractivity contribution is 5.28. The first-order valence-electron chi connectivity index (χ1n) is 6.19. The molecule has 0 fully saturated rings. The first kappa shape index (κ1) is 13.7. The standard InChI is InChI=1S/C15H17F2NO/c1-9-6-13(10(2)19-9)15(18-3)8-11-7-12(16)4-5-14(11)17/h4-7,15,18H,8H2,1-3H3. The molecule has 4 heteroatoms. The zero-order valence-corrected chi connectivity index (χ0v) is 11.3. The molecule has 1 aromatic heterocycles. The van der Waals surface area contributed by atoms with E-state index < -0.39 is 5.82 Å². The lowest BCUT2D eigenvalue weighted by molar-refractivity contribution is 0.487. The third-order valence-corrected chi connectivity index (χ3v) is 3.24. The summed E-state index contributed by atoms with van der Waals surface area (Å²) in [5, 5.41) is 3.12. The summed E-state index contributed by atoms with van der Waals surface area (Å²) in [6.45, 7) is 3.74. The molecule has 0 saturated heterocycles. The Kier molecular flexibility index (Phi) is 4.00. The zero-order valence-electron chi connectivity index (χ0n) is 11.3. The molecule has 1 aromatic carbocycles.